The summed E-state index contributed by atoms with van der Waals surface area (Å²) in [6.45, 7) is 4.94. The second-order valence-corrected chi connectivity index (χ2v) is 7.21. The molecule has 2 N–H and O–H groups in total. The molecule has 0 aromatic heterocycles. The Morgan fingerprint density at radius 3 is 2.64 bits per heavy atom. The van der Waals surface area contributed by atoms with E-state index in [0.717, 1.165) is 22.9 Å². The van der Waals surface area contributed by atoms with Gasteiger partial charge < -0.3 is 10.4 Å². The van der Waals surface area contributed by atoms with Gasteiger partial charge in [-0.2, -0.15) is 0 Å². The zero-order valence-corrected chi connectivity index (χ0v) is 15.1. The van der Waals surface area contributed by atoms with Gasteiger partial charge in [-0.25, -0.2) is 9.69 Å². The lowest BCUT2D eigenvalue weighted by Crippen LogP contribution is -2.42. The summed E-state index contributed by atoms with van der Waals surface area (Å²) in [6, 6.07) is 4.44. The van der Waals surface area contributed by atoms with Crippen molar-refractivity contribution in [1.82, 2.24) is 5.32 Å². The normalized spacial score (nSPS) is 18.4. The van der Waals surface area contributed by atoms with Crippen LogP contribution in [0.2, 0.25) is 0 Å². The Labute approximate surface area is 149 Å². The van der Waals surface area contributed by atoms with Crippen molar-refractivity contribution in [2.45, 2.75) is 38.5 Å². The Morgan fingerprint density at radius 1 is 1.36 bits per heavy atom. The first-order valence-corrected chi connectivity index (χ1v) is 8.81. The summed E-state index contributed by atoms with van der Waals surface area (Å²) in [6.07, 6.45) is 0.0172. The van der Waals surface area contributed by atoms with E-state index in [1.54, 1.807) is 6.07 Å². The Hall–Kier alpha value is -2.35. The third kappa shape index (κ3) is 4.39. The molecule has 1 aliphatic heterocycles. The van der Waals surface area contributed by atoms with Crippen molar-refractivity contribution in [2.24, 2.45) is 0 Å². The van der Waals surface area contributed by atoms with Crippen LogP contribution in [0.4, 0.5) is 5.69 Å². The number of thioether (sulfide) groups is 1. The van der Waals surface area contributed by atoms with Crippen molar-refractivity contribution < 1.29 is 24.3 Å². The minimum atomic E-state index is -1.18. The van der Waals surface area contributed by atoms with Gasteiger partial charge in [0.05, 0.1) is 10.9 Å². The number of aryl methyl sites for hydroxylation is 2. The summed E-state index contributed by atoms with van der Waals surface area (Å²) in [4.78, 5) is 48.4. The predicted octanol–water partition coefficient (Wildman–Crippen LogP) is 1.26. The molecule has 0 aliphatic carbocycles. The number of amides is 3. The van der Waals surface area contributed by atoms with Crippen LogP contribution >= 0.6 is 11.8 Å². The van der Waals surface area contributed by atoms with Crippen LogP contribution in [0.3, 0.4) is 0 Å². The van der Waals surface area contributed by atoms with Gasteiger partial charge >= 0.3 is 5.97 Å². The molecule has 2 atom stereocenters. The smallest absolute Gasteiger partial charge is 0.327 e. The zero-order chi connectivity index (χ0) is 18.7. The van der Waals surface area contributed by atoms with Gasteiger partial charge in [0.15, 0.2) is 0 Å². The van der Waals surface area contributed by atoms with E-state index in [9.17, 15) is 19.2 Å². The fourth-order valence-electron chi connectivity index (χ4n) is 2.58. The molecule has 2 rings (SSSR count). The summed E-state index contributed by atoms with van der Waals surface area (Å²) < 4.78 is 0. The monoisotopic (exact) mass is 364 g/mol. The summed E-state index contributed by atoms with van der Waals surface area (Å²) in [5.74, 6) is -2.28. The maximum absolute atomic E-state index is 12.6. The second kappa shape index (κ2) is 7.69. The highest BCUT2D eigenvalue weighted by atomic mass is 32.2. The van der Waals surface area contributed by atoms with Crippen LogP contribution < -0.4 is 10.2 Å². The standard InChI is InChI=1S/C17H20N2O5S/c1-9-4-5-10(2)13(6-9)19-15(21)7-14(16(19)22)25-8-12(17(23)24)18-11(3)20/h4-6,12,14H,7-8H2,1-3H3,(H,18,20)(H,23,24). The summed E-state index contributed by atoms with van der Waals surface area (Å²) in [5, 5.41) is 10.8. The van der Waals surface area contributed by atoms with Gasteiger partial charge in [0.2, 0.25) is 17.7 Å². The van der Waals surface area contributed by atoms with Crippen LogP contribution in [0, 0.1) is 13.8 Å². The molecule has 3 amide bonds. The molecule has 134 valence electrons. The number of hydrogen-bond donors (Lipinski definition) is 2. The fourth-order valence-corrected chi connectivity index (χ4v) is 3.74. The van der Waals surface area contributed by atoms with E-state index >= 15 is 0 Å². The third-order valence-corrected chi connectivity index (χ3v) is 5.15. The van der Waals surface area contributed by atoms with E-state index in [1.807, 2.05) is 26.0 Å². The average molecular weight is 364 g/mol. The highest BCUT2D eigenvalue weighted by Gasteiger charge is 2.41. The van der Waals surface area contributed by atoms with Gasteiger partial charge in [-0.1, -0.05) is 12.1 Å². The largest absolute Gasteiger partial charge is 0.480 e. The number of benzene rings is 1. The molecule has 7 nitrogen and oxygen atoms in total. The van der Waals surface area contributed by atoms with E-state index in [1.165, 1.54) is 11.8 Å². The first kappa shape index (κ1) is 19.0. The van der Waals surface area contributed by atoms with Gasteiger partial charge in [-0.05, 0) is 31.0 Å². The summed E-state index contributed by atoms with van der Waals surface area (Å²) in [5.41, 5.74) is 2.32. The molecular weight excluding hydrogens is 344 g/mol. The molecule has 1 aromatic rings. The van der Waals surface area contributed by atoms with E-state index in [2.05, 4.69) is 5.32 Å². The molecule has 0 saturated carbocycles. The maximum atomic E-state index is 12.6. The van der Waals surface area contributed by atoms with Crippen LogP contribution in [0.5, 0.6) is 0 Å². The second-order valence-electron chi connectivity index (χ2n) is 5.97. The molecule has 8 heteroatoms. The summed E-state index contributed by atoms with van der Waals surface area (Å²) in [7, 11) is 0. The number of hydrogen-bond acceptors (Lipinski definition) is 5. The van der Waals surface area contributed by atoms with Gasteiger partial charge in [0, 0.05) is 19.1 Å². The molecule has 2 unspecified atom stereocenters. The number of nitrogens with one attached hydrogen (secondary N) is 1. The highest BCUT2D eigenvalue weighted by Crippen LogP contribution is 2.32. The van der Waals surface area contributed by atoms with Crippen molar-refractivity contribution in [3.05, 3.63) is 29.3 Å². The number of imide groups is 1. The van der Waals surface area contributed by atoms with Crippen molar-refractivity contribution >= 4 is 41.1 Å². The minimum absolute atomic E-state index is 0.0131. The molecular formula is C17H20N2O5S. The Balaban J connectivity index is 2.11. The van der Waals surface area contributed by atoms with Gasteiger partial charge in [0.1, 0.15) is 6.04 Å². The number of nitrogens with zero attached hydrogens (tertiary/aromatic N) is 1. The third-order valence-electron chi connectivity index (χ3n) is 3.85. The topological polar surface area (TPSA) is 104 Å². The number of aliphatic carboxylic acids is 1. The van der Waals surface area contributed by atoms with E-state index in [4.69, 9.17) is 5.11 Å². The molecule has 25 heavy (non-hydrogen) atoms. The maximum Gasteiger partial charge on any atom is 0.327 e. The van der Waals surface area contributed by atoms with Crippen LogP contribution in [0.15, 0.2) is 18.2 Å². The zero-order valence-electron chi connectivity index (χ0n) is 14.2. The van der Waals surface area contributed by atoms with Crippen LogP contribution in [0.1, 0.15) is 24.5 Å². The summed E-state index contributed by atoms with van der Waals surface area (Å²) >= 11 is 1.08. The minimum Gasteiger partial charge on any atom is -0.480 e. The van der Waals surface area contributed by atoms with Crippen LogP contribution in [-0.4, -0.2) is 45.8 Å². The van der Waals surface area contributed by atoms with Crippen molar-refractivity contribution in [3.8, 4) is 0 Å². The molecule has 1 saturated heterocycles. The molecule has 1 heterocycles. The molecule has 0 radical (unpaired) electrons. The predicted molar refractivity (Wildman–Crippen MR) is 94.5 cm³/mol. The van der Waals surface area contributed by atoms with E-state index in [0.29, 0.717) is 5.69 Å². The lowest BCUT2D eigenvalue weighted by atomic mass is 10.1. The molecule has 1 aliphatic rings. The highest BCUT2D eigenvalue weighted by molar-refractivity contribution is 8.00. The molecule has 0 bridgehead atoms. The average Bonchev–Trinajstić information content (AvgIpc) is 2.80. The van der Waals surface area contributed by atoms with Crippen LogP contribution in [0.25, 0.3) is 0 Å². The lowest BCUT2D eigenvalue weighted by molar-refractivity contribution is -0.140. The number of carbonyl (C=O) groups is 4. The number of anilines is 1. The number of carboxylic acids is 1. The van der Waals surface area contributed by atoms with Crippen molar-refractivity contribution in [2.75, 3.05) is 10.7 Å². The lowest BCUT2D eigenvalue weighted by Gasteiger charge is -2.18. The number of carbonyl (C=O) groups excluding carboxylic acids is 3. The quantitative estimate of drug-likeness (QED) is 0.737. The Bertz CT molecular complexity index is 734. The SMILES string of the molecule is CC(=O)NC(CSC1CC(=O)N(c2cc(C)ccc2C)C1=O)C(=O)O. The van der Waals surface area contributed by atoms with Gasteiger partial charge in [-0.3, -0.25) is 14.4 Å². The van der Waals surface area contributed by atoms with Crippen LogP contribution in [-0.2, 0) is 19.2 Å². The van der Waals surface area contributed by atoms with Crippen molar-refractivity contribution in [3.63, 3.8) is 0 Å². The molecule has 1 aromatic carbocycles. The Kier molecular flexibility index (Phi) is 5.84. The molecule has 0 spiro atoms. The first-order chi connectivity index (χ1) is 11.7. The fraction of sp³-hybridized carbons (Fsp3) is 0.412. The van der Waals surface area contributed by atoms with E-state index < -0.39 is 23.2 Å². The van der Waals surface area contributed by atoms with Gasteiger partial charge in [-0.15, -0.1) is 11.8 Å². The Morgan fingerprint density at radius 2 is 2.04 bits per heavy atom. The van der Waals surface area contributed by atoms with Gasteiger partial charge in [0.25, 0.3) is 0 Å². The molecule has 1 fully saturated rings. The first-order valence-electron chi connectivity index (χ1n) is 7.76. The number of rotatable bonds is 6. The number of carboxylic acid groups (broad SMARTS) is 1. The van der Waals surface area contributed by atoms with E-state index in [-0.39, 0.29) is 24.0 Å². The van der Waals surface area contributed by atoms with Crippen molar-refractivity contribution in [1.29, 1.82) is 0 Å².